The highest BCUT2D eigenvalue weighted by molar-refractivity contribution is 9.10. The summed E-state index contributed by atoms with van der Waals surface area (Å²) in [5.74, 6) is -1.29. The van der Waals surface area contributed by atoms with E-state index in [1.165, 1.54) is 18.2 Å². The number of rotatable bonds is 4. The first-order chi connectivity index (χ1) is 9.47. The van der Waals surface area contributed by atoms with Crippen molar-refractivity contribution in [2.75, 3.05) is 5.32 Å². The Labute approximate surface area is 123 Å². The van der Waals surface area contributed by atoms with Crippen molar-refractivity contribution in [1.82, 2.24) is 0 Å². The fourth-order valence-corrected chi connectivity index (χ4v) is 2.11. The zero-order chi connectivity index (χ0) is 14.7. The van der Waals surface area contributed by atoms with Crippen molar-refractivity contribution in [2.45, 2.75) is 6.54 Å². The van der Waals surface area contributed by atoms with E-state index in [-0.39, 0.29) is 11.3 Å². The van der Waals surface area contributed by atoms with E-state index in [4.69, 9.17) is 5.73 Å². The van der Waals surface area contributed by atoms with Crippen LogP contribution in [0.15, 0.2) is 40.9 Å². The lowest BCUT2D eigenvalue weighted by Crippen LogP contribution is -2.13. The second-order valence-corrected chi connectivity index (χ2v) is 5.05. The number of halogens is 2. The van der Waals surface area contributed by atoms with Crippen molar-refractivity contribution >= 4 is 27.5 Å². The minimum absolute atomic E-state index is 0.151. The van der Waals surface area contributed by atoms with Gasteiger partial charge in [-0.05, 0) is 51.8 Å². The molecule has 0 unspecified atom stereocenters. The van der Waals surface area contributed by atoms with Crippen molar-refractivity contribution in [3.05, 3.63) is 57.8 Å². The number of phenols is 1. The van der Waals surface area contributed by atoms with Gasteiger partial charge in [-0.1, -0.05) is 6.07 Å². The van der Waals surface area contributed by atoms with E-state index in [0.29, 0.717) is 16.7 Å². The van der Waals surface area contributed by atoms with Crippen LogP contribution in [0.2, 0.25) is 0 Å². The topological polar surface area (TPSA) is 75.4 Å². The van der Waals surface area contributed by atoms with Crippen molar-refractivity contribution in [1.29, 1.82) is 0 Å². The van der Waals surface area contributed by atoms with Crippen LogP contribution in [0.1, 0.15) is 15.9 Å². The third-order valence-electron chi connectivity index (χ3n) is 2.74. The highest BCUT2D eigenvalue weighted by atomic mass is 79.9. The summed E-state index contributed by atoms with van der Waals surface area (Å²) in [5, 5.41) is 12.4. The molecule has 4 N–H and O–H groups in total. The second kappa shape index (κ2) is 5.92. The number of anilines is 1. The van der Waals surface area contributed by atoms with Crippen LogP contribution in [0.4, 0.5) is 10.1 Å². The van der Waals surface area contributed by atoms with Gasteiger partial charge in [0.1, 0.15) is 11.6 Å². The summed E-state index contributed by atoms with van der Waals surface area (Å²) < 4.78 is 13.9. The molecule has 0 atom stereocenters. The predicted molar refractivity (Wildman–Crippen MR) is 78.1 cm³/mol. The molecule has 2 aromatic carbocycles. The Morgan fingerprint density at radius 1 is 1.30 bits per heavy atom. The number of hydrogen-bond acceptors (Lipinski definition) is 3. The molecule has 0 aliphatic carbocycles. The molecule has 0 fully saturated rings. The number of benzene rings is 2. The number of carbonyl (C=O) groups is 1. The molecule has 0 saturated heterocycles. The maximum Gasteiger partial charge on any atom is 0.251 e. The average Bonchev–Trinajstić information content (AvgIpc) is 2.41. The number of amides is 1. The average molecular weight is 339 g/mol. The number of primary amides is 1. The molecule has 0 aromatic heterocycles. The van der Waals surface area contributed by atoms with Gasteiger partial charge in [-0.25, -0.2) is 4.39 Å². The van der Waals surface area contributed by atoms with E-state index in [0.717, 1.165) is 5.56 Å². The van der Waals surface area contributed by atoms with Crippen LogP contribution >= 0.6 is 15.9 Å². The standard InChI is InChI=1S/C14H12BrFN2O2/c15-11-5-8(1-4-13(11)19)7-18-9-2-3-12(16)10(6-9)14(17)20/h1-6,18-19H,7H2,(H2,17,20). The first-order valence-corrected chi connectivity index (χ1v) is 6.57. The van der Waals surface area contributed by atoms with Gasteiger partial charge in [0.15, 0.2) is 0 Å². The van der Waals surface area contributed by atoms with E-state index in [1.54, 1.807) is 18.2 Å². The normalized spacial score (nSPS) is 10.3. The monoisotopic (exact) mass is 338 g/mol. The Morgan fingerprint density at radius 3 is 2.70 bits per heavy atom. The van der Waals surface area contributed by atoms with Crippen molar-refractivity contribution in [2.24, 2.45) is 5.73 Å². The summed E-state index contributed by atoms with van der Waals surface area (Å²) >= 11 is 3.22. The zero-order valence-corrected chi connectivity index (χ0v) is 11.9. The third kappa shape index (κ3) is 3.27. The fourth-order valence-electron chi connectivity index (χ4n) is 1.69. The lowest BCUT2D eigenvalue weighted by molar-refractivity contribution is 0.0996. The molecule has 2 aromatic rings. The quantitative estimate of drug-likeness (QED) is 0.802. The van der Waals surface area contributed by atoms with Crippen LogP contribution in [-0.2, 0) is 6.54 Å². The minimum atomic E-state index is -0.807. The first kappa shape index (κ1) is 14.3. The summed E-state index contributed by atoms with van der Waals surface area (Å²) in [5.41, 5.74) is 6.44. The van der Waals surface area contributed by atoms with E-state index in [9.17, 15) is 14.3 Å². The van der Waals surface area contributed by atoms with Crippen LogP contribution in [-0.4, -0.2) is 11.0 Å². The molecule has 0 aliphatic rings. The van der Waals surface area contributed by atoms with E-state index >= 15 is 0 Å². The van der Waals surface area contributed by atoms with Crippen LogP contribution in [0.5, 0.6) is 5.75 Å². The Morgan fingerprint density at radius 2 is 2.05 bits per heavy atom. The first-order valence-electron chi connectivity index (χ1n) is 5.78. The van der Waals surface area contributed by atoms with Gasteiger partial charge in [-0.15, -0.1) is 0 Å². The highest BCUT2D eigenvalue weighted by Gasteiger charge is 2.09. The molecule has 0 heterocycles. The SMILES string of the molecule is NC(=O)c1cc(NCc2ccc(O)c(Br)c2)ccc1F. The zero-order valence-electron chi connectivity index (χ0n) is 10.4. The Kier molecular flexibility index (Phi) is 4.24. The van der Waals surface area contributed by atoms with Gasteiger partial charge >= 0.3 is 0 Å². The molecule has 2 rings (SSSR count). The van der Waals surface area contributed by atoms with Gasteiger partial charge in [0.05, 0.1) is 10.0 Å². The van der Waals surface area contributed by atoms with Gasteiger partial charge in [0.2, 0.25) is 0 Å². The molecule has 0 bridgehead atoms. The highest BCUT2D eigenvalue weighted by Crippen LogP contribution is 2.24. The van der Waals surface area contributed by atoms with Crippen LogP contribution < -0.4 is 11.1 Å². The van der Waals surface area contributed by atoms with Gasteiger partial charge in [0.25, 0.3) is 5.91 Å². The molecular formula is C14H12BrFN2O2. The summed E-state index contributed by atoms with van der Waals surface area (Å²) in [6.45, 7) is 0.461. The molecule has 0 aliphatic heterocycles. The lowest BCUT2D eigenvalue weighted by Gasteiger charge is -2.09. The molecule has 0 radical (unpaired) electrons. The van der Waals surface area contributed by atoms with E-state index in [2.05, 4.69) is 21.2 Å². The third-order valence-corrected chi connectivity index (χ3v) is 3.38. The number of nitrogens with two attached hydrogens (primary N) is 1. The summed E-state index contributed by atoms with van der Waals surface area (Å²) in [6, 6.07) is 9.17. The maximum atomic E-state index is 13.3. The van der Waals surface area contributed by atoms with Gasteiger partial charge in [0, 0.05) is 12.2 Å². The predicted octanol–water partition coefficient (Wildman–Crippen LogP) is 3.00. The van der Waals surface area contributed by atoms with Crippen LogP contribution in [0.25, 0.3) is 0 Å². The molecule has 4 nitrogen and oxygen atoms in total. The summed E-state index contributed by atoms with van der Waals surface area (Å²) in [6.07, 6.45) is 0. The van der Waals surface area contributed by atoms with Crippen LogP contribution in [0.3, 0.4) is 0 Å². The van der Waals surface area contributed by atoms with E-state index in [1.807, 2.05) is 0 Å². The van der Waals surface area contributed by atoms with Gasteiger partial charge in [-0.2, -0.15) is 0 Å². The lowest BCUT2D eigenvalue weighted by atomic mass is 10.1. The molecule has 104 valence electrons. The van der Waals surface area contributed by atoms with Crippen molar-refractivity contribution in [3.63, 3.8) is 0 Å². The van der Waals surface area contributed by atoms with E-state index < -0.39 is 11.7 Å². The van der Waals surface area contributed by atoms with Crippen molar-refractivity contribution in [3.8, 4) is 5.75 Å². The summed E-state index contributed by atoms with van der Waals surface area (Å²) in [4.78, 5) is 11.1. The molecule has 6 heteroatoms. The van der Waals surface area contributed by atoms with Crippen molar-refractivity contribution < 1.29 is 14.3 Å². The van der Waals surface area contributed by atoms with Gasteiger partial charge < -0.3 is 16.2 Å². The Bertz CT molecular complexity index is 662. The molecule has 0 saturated carbocycles. The minimum Gasteiger partial charge on any atom is -0.507 e. The molecule has 20 heavy (non-hydrogen) atoms. The number of hydrogen-bond donors (Lipinski definition) is 3. The maximum absolute atomic E-state index is 13.3. The van der Waals surface area contributed by atoms with Gasteiger partial charge in [-0.3, -0.25) is 4.79 Å². The largest absolute Gasteiger partial charge is 0.507 e. The number of aromatic hydroxyl groups is 1. The molecular weight excluding hydrogens is 327 g/mol. The number of nitrogens with one attached hydrogen (secondary N) is 1. The fraction of sp³-hybridized carbons (Fsp3) is 0.0714. The molecule has 0 spiro atoms. The molecule has 1 amide bonds. The number of carbonyl (C=O) groups excluding carboxylic acids is 1. The second-order valence-electron chi connectivity index (χ2n) is 4.20. The number of phenolic OH excluding ortho intramolecular Hbond substituents is 1. The summed E-state index contributed by atoms with van der Waals surface area (Å²) in [7, 11) is 0. The Hall–Kier alpha value is -2.08. The Balaban J connectivity index is 2.12. The van der Waals surface area contributed by atoms with Crippen LogP contribution in [0, 0.1) is 5.82 Å². The smallest absolute Gasteiger partial charge is 0.251 e.